The summed E-state index contributed by atoms with van der Waals surface area (Å²) in [6, 6.07) is 2.47. The van der Waals surface area contributed by atoms with Crippen molar-refractivity contribution in [2.24, 2.45) is 0 Å². The van der Waals surface area contributed by atoms with Crippen LogP contribution in [0.2, 0.25) is 5.28 Å². The normalized spacial score (nSPS) is 29.3. The Morgan fingerprint density at radius 3 is 3.05 bits per heavy atom. The summed E-state index contributed by atoms with van der Waals surface area (Å²) in [5, 5.41) is 4.89. The van der Waals surface area contributed by atoms with Crippen molar-refractivity contribution >= 4 is 39.0 Å². The molecule has 2 fully saturated rings. The van der Waals surface area contributed by atoms with Crippen LogP contribution < -0.4 is 5.32 Å². The maximum Gasteiger partial charge on any atom is 0.225 e. The number of aromatic nitrogens is 2. The van der Waals surface area contributed by atoms with Crippen LogP contribution in [0.5, 0.6) is 0 Å². The fraction of sp³-hybridized carbons (Fsp3) is 0.538. The first kappa shape index (κ1) is 11.9. The number of aryl methyl sites for hydroxylation is 1. The van der Waals surface area contributed by atoms with E-state index in [2.05, 4.69) is 28.3 Å². The van der Waals surface area contributed by atoms with Crippen LogP contribution in [0.25, 0.3) is 10.2 Å². The fourth-order valence-corrected chi connectivity index (χ4v) is 4.19. The van der Waals surface area contributed by atoms with Gasteiger partial charge in [-0.3, -0.25) is 0 Å². The number of nitrogens with one attached hydrogen (secondary N) is 1. The quantitative estimate of drug-likeness (QED) is 0.863. The summed E-state index contributed by atoms with van der Waals surface area (Å²) in [4.78, 5) is 10.8. The van der Waals surface area contributed by atoms with Gasteiger partial charge in [0.2, 0.25) is 5.28 Å². The third kappa shape index (κ3) is 2.00. The molecule has 4 heterocycles. The number of anilines is 1. The summed E-state index contributed by atoms with van der Waals surface area (Å²) in [6.07, 6.45) is 4.16. The predicted octanol–water partition coefficient (Wildman–Crippen LogP) is 3.38. The molecule has 6 heteroatoms. The zero-order valence-electron chi connectivity index (χ0n) is 10.5. The molecule has 2 bridgehead atoms. The van der Waals surface area contributed by atoms with Gasteiger partial charge in [0, 0.05) is 4.88 Å². The second kappa shape index (κ2) is 4.30. The van der Waals surface area contributed by atoms with Crippen molar-refractivity contribution in [2.45, 2.75) is 44.4 Å². The highest BCUT2D eigenvalue weighted by Gasteiger charge is 2.41. The number of nitrogens with zero attached hydrogens (tertiary/aromatic N) is 2. The van der Waals surface area contributed by atoms with E-state index in [1.807, 2.05) is 0 Å². The van der Waals surface area contributed by atoms with Gasteiger partial charge in [-0.15, -0.1) is 11.3 Å². The minimum absolute atomic E-state index is 0.306. The summed E-state index contributed by atoms with van der Waals surface area (Å²) < 4.78 is 5.87. The van der Waals surface area contributed by atoms with Crippen molar-refractivity contribution in [1.82, 2.24) is 9.97 Å². The number of halogens is 1. The van der Waals surface area contributed by atoms with Crippen LogP contribution in [0.1, 0.15) is 24.1 Å². The minimum Gasteiger partial charge on any atom is -0.373 e. The van der Waals surface area contributed by atoms with E-state index < -0.39 is 0 Å². The molecule has 1 N–H and O–H groups in total. The molecule has 3 atom stereocenters. The number of ether oxygens (including phenoxy) is 1. The monoisotopic (exact) mass is 295 g/mol. The molecular weight excluding hydrogens is 282 g/mol. The summed E-state index contributed by atoms with van der Waals surface area (Å²) in [7, 11) is 0. The Labute approximate surface area is 120 Å². The molecule has 3 unspecified atom stereocenters. The Balaban J connectivity index is 1.70. The SMILES string of the molecule is Cc1cc2c(NC3CC4CCC3O4)nc(Cl)nc2s1. The summed E-state index contributed by atoms with van der Waals surface area (Å²) in [5.41, 5.74) is 0. The van der Waals surface area contributed by atoms with Gasteiger partial charge in [-0.1, -0.05) is 0 Å². The molecule has 2 aliphatic heterocycles. The summed E-state index contributed by atoms with van der Waals surface area (Å²) in [5.74, 6) is 0.848. The van der Waals surface area contributed by atoms with E-state index in [9.17, 15) is 0 Å². The summed E-state index contributed by atoms with van der Waals surface area (Å²) >= 11 is 7.66. The van der Waals surface area contributed by atoms with E-state index in [1.165, 1.54) is 11.3 Å². The van der Waals surface area contributed by atoms with Crippen LogP contribution in [0, 0.1) is 6.92 Å². The van der Waals surface area contributed by atoms with Crippen LogP contribution in [0.3, 0.4) is 0 Å². The highest BCUT2D eigenvalue weighted by atomic mass is 35.5. The first-order valence-electron chi connectivity index (χ1n) is 6.55. The van der Waals surface area contributed by atoms with E-state index in [-0.39, 0.29) is 0 Å². The molecule has 2 aromatic heterocycles. The fourth-order valence-electron chi connectivity index (χ4n) is 3.09. The standard InChI is InChI=1S/C13H14ClN3OS/c1-6-4-8-11(16-13(14)17-12(8)19-6)15-9-5-7-2-3-10(9)18-7/h4,7,9-10H,2-3,5H2,1H3,(H,15,16,17). The number of rotatable bonds is 2. The third-order valence-corrected chi connectivity index (χ3v) is 5.03. The largest absolute Gasteiger partial charge is 0.373 e. The van der Waals surface area contributed by atoms with Crippen molar-refractivity contribution < 1.29 is 4.74 Å². The molecule has 0 aromatic carbocycles. The molecule has 4 rings (SSSR count). The average molecular weight is 296 g/mol. The Hall–Kier alpha value is -0.910. The van der Waals surface area contributed by atoms with Gasteiger partial charge >= 0.3 is 0 Å². The molecular formula is C13H14ClN3OS. The Morgan fingerprint density at radius 1 is 1.42 bits per heavy atom. The maximum absolute atomic E-state index is 6.01. The minimum atomic E-state index is 0.306. The van der Waals surface area contributed by atoms with Crippen LogP contribution in [0.4, 0.5) is 5.82 Å². The van der Waals surface area contributed by atoms with E-state index in [0.29, 0.717) is 23.5 Å². The van der Waals surface area contributed by atoms with Crippen LogP contribution in [-0.2, 0) is 4.74 Å². The number of hydrogen-bond donors (Lipinski definition) is 1. The number of fused-ring (bicyclic) bond motifs is 3. The second-order valence-electron chi connectivity index (χ2n) is 5.28. The molecule has 19 heavy (non-hydrogen) atoms. The summed E-state index contributed by atoms with van der Waals surface area (Å²) in [6.45, 7) is 2.07. The first-order chi connectivity index (χ1) is 9.19. The van der Waals surface area contributed by atoms with Gasteiger partial charge in [-0.25, -0.2) is 9.97 Å². The molecule has 2 aliphatic rings. The van der Waals surface area contributed by atoms with Gasteiger partial charge in [0.1, 0.15) is 10.6 Å². The lowest BCUT2D eigenvalue weighted by molar-refractivity contribution is 0.102. The van der Waals surface area contributed by atoms with Crippen molar-refractivity contribution in [3.8, 4) is 0 Å². The first-order valence-corrected chi connectivity index (χ1v) is 7.74. The second-order valence-corrected chi connectivity index (χ2v) is 6.85. The number of hydrogen-bond acceptors (Lipinski definition) is 5. The molecule has 0 amide bonds. The Kier molecular flexibility index (Phi) is 2.69. The molecule has 0 radical (unpaired) electrons. The van der Waals surface area contributed by atoms with E-state index >= 15 is 0 Å². The Morgan fingerprint density at radius 2 is 2.32 bits per heavy atom. The van der Waals surface area contributed by atoms with Gasteiger partial charge < -0.3 is 10.1 Å². The number of thiophene rings is 1. The van der Waals surface area contributed by atoms with Crippen LogP contribution in [-0.4, -0.2) is 28.2 Å². The third-order valence-electron chi connectivity index (χ3n) is 3.92. The van der Waals surface area contributed by atoms with Gasteiger partial charge in [-0.2, -0.15) is 0 Å². The van der Waals surface area contributed by atoms with Gasteiger partial charge in [0.25, 0.3) is 0 Å². The highest BCUT2D eigenvalue weighted by molar-refractivity contribution is 7.18. The van der Waals surface area contributed by atoms with E-state index in [1.54, 1.807) is 11.3 Å². The van der Waals surface area contributed by atoms with Gasteiger partial charge in [0.15, 0.2) is 0 Å². The highest BCUT2D eigenvalue weighted by Crippen LogP contribution is 2.37. The molecule has 2 aromatic rings. The van der Waals surface area contributed by atoms with Gasteiger partial charge in [-0.05, 0) is 43.9 Å². The van der Waals surface area contributed by atoms with E-state index in [4.69, 9.17) is 16.3 Å². The maximum atomic E-state index is 6.01. The average Bonchev–Trinajstić information content (AvgIpc) is 3.02. The zero-order valence-corrected chi connectivity index (χ0v) is 12.1. The molecule has 0 aliphatic carbocycles. The van der Waals surface area contributed by atoms with Crippen molar-refractivity contribution in [3.05, 3.63) is 16.2 Å². The van der Waals surface area contributed by atoms with E-state index in [0.717, 1.165) is 28.9 Å². The van der Waals surface area contributed by atoms with Gasteiger partial charge in [0.05, 0.1) is 23.6 Å². The van der Waals surface area contributed by atoms with Crippen LogP contribution >= 0.6 is 22.9 Å². The lowest BCUT2D eigenvalue weighted by Gasteiger charge is -2.20. The molecule has 0 saturated carbocycles. The zero-order chi connectivity index (χ0) is 13.0. The molecule has 0 spiro atoms. The molecule has 100 valence electrons. The van der Waals surface area contributed by atoms with Crippen molar-refractivity contribution in [1.29, 1.82) is 0 Å². The smallest absolute Gasteiger partial charge is 0.225 e. The molecule has 4 nitrogen and oxygen atoms in total. The lowest BCUT2D eigenvalue weighted by Crippen LogP contribution is -2.30. The van der Waals surface area contributed by atoms with Crippen LogP contribution in [0.15, 0.2) is 6.07 Å². The molecule has 2 saturated heterocycles. The van der Waals surface area contributed by atoms with Crippen molar-refractivity contribution in [3.63, 3.8) is 0 Å². The predicted molar refractivity (Wildman–Crippen MR) is 77.1 cm³/mol. The topological polar surface area (TPSA) is 47.0 Å². The lowest BCUT2D eigenvalue weighted by atomic mass is 9.95. The Bertz CT molecular complexity index is 644. The van der Waals surface area contributed by atoms with Crippen molar-refractivity contribution in [2.75, 3.05) is 5.32 Å².